The van der Waals surface area contributed by atoms with E-state index < -0.39 is 17.9 Å². The fraction of sp³-hybridized carbons (Fsp3) is 0.143. The van der Waals surface area contributed by atoms with Crippen molar-refractivity contribution >= 4 is 0 Å². The summed E-state index contributed by atoms with van der Waals surface area (Å²) in [5.41, 5.74) is 0.908. The van der Waals surface area contributed by atoms with Gasteiger partial charge in [-0.05, 0) is 23.8 Å². The highest BCUT2D eigenvalue weighted by atomic mass is 19.4. The van der Waals surface area contributed by atoms with Gasteiger partial charge in [-0.1, -0.05) is 24.3 Å². The lowest BCUT2D eigenvalue weighted by Gasteiger charge is -2.12. The van der Waals surface area contributed by atoms with Crippen LogP contribution in [0.25, 0.3) is 11.1 Å². The number of hydrogen-bond donors (Lipinski definition) is 0. The van der Waals surface area contributed by atoms with Gasteiger partial charge in [-0.3, -0.25) is 0 Å². The van der Waals surface area contributed by atoms with Crippen LogP contribution in [0.15, 0.2) is 42.5 Å². The summed E-state index contributed by atoms with van der Waals surface area (Å²) in [5, 5.41) is 0. The molecule has 0 radical (unpaired) electrons. The number of benzene rings is 2. The van der Waals surface area contributed by atoms with Crippen LogP contribution in [-0.4, -0.2) is 13.5 Å². The van der Waals surface area contributed by atoms with Crippen molar-refractivity contribution in [3.63, 3.8) is 0 Å². The molecule has 0 atom stereocenters. The molecule has 0 fully saturated rings. The van der Waals surface area contributed by atoms with Crippen LogP contribution in [0.2, 0.25) is 0 Å². The minimum atomic E-state index is -4.94. The van der Waals surface area contributed by atoms with Crippen molar-refractivity contribution in [2.45, 2.75) is 6.36 Å². The Morgan fingerprint density at radius 3 is 2.30 bits per heavy atom. The first-order chi connectivity index (χ1) is 9.40. The lowest BCUT2D eigenvalue weighted by atomic mass is 10.0. The maximum absolute atomic E-state index is 13.3. The topological polar surface area (TPSA) is 18.5 Å². The highest BCUT2D eigenvalue weighted by Gasteiger charge is 2.32. The molecule has 20 heavy (non-hydrogen) atoms. The standard InChI is InChI=1S/C14H10F4O2/c1-19-12-5-3-2-4-10(12)9-6-7-11(15)13(8-9)20-14(16,17)18/h2-8H,1H3. The molecule has 0 heterocycles. The van der Waals surface area contributed by atoms with Crippen molar-refractivity contribution in [3.05, 3.63) is 48.3 Å². The van der Waals surface area contributed by atoms with Crippen molar-refractivity contribution < 1.29 is 27.0 Å². The smallest absolute Gasteiger partial charge is 0.496 e. The predicted molar refractivity (Wildman–Crippen MR) is 65.1 cm³/mol. The van der Waals surface area contributed by atoms with Crippen LogP contribution in [0.3, 0.4) is 0 Å². The van der Waals surface area contributed by atoms with E-state index in [2.05, 4.69) is 4.74 Å². The van der Waals surface area contributed by atoms with Gasteiger partial charge in [0.1, 0.15) is 5.75 Å². The summed E-state index contributed by atoms with van der Waals surface area (Å²) < 4.78 is 58.7. The van der Waals surface area contributed by atoms with Gasteiger partial charge in [-0.25, -0.2) is 4.39 Å². The van der Waals surface area contributed by atoms with E-state index in [1.807, 2.05) is 0 Å². The van der Waals surface area contributed by atoms with Crippen LogP contribution in [0.4, 0.5) is 17.6 Å². The fourth-order valence-electron chi connectivity index (χ4n) is 1.76. The lowest BCUT2D eigenvalue weighted by Crippen LogP contribution is -2.18. The molecule has 2 rings (SSSR count). The second-order valence-electron chi connectivity index (χ2n) is 3.89. The van der Waals surface area contributed by atoms with Crippen LogP contribution in [0.1, 0.15) is 0 Å². The lowest BCUT2D eigenvalue weighted by molar-refractivity contribution is -0.275. The van der Waals surface area contributed by atoms with Gasteiger partial charge in [-0.15, -0.1) is 13.2 Å². The zero-order valence-electron chi connectivity index (χ0n) is 10.4. The predicted octanol–water partition coefficient (Wildman–Crippen LogP) is 4.40. The first-order valence-corrected chi connectivity index (χ1v) is 5.59. The summed E-state index contributed by atoms with van der Waals surface area (Å²) in [6.45, 7) is 0. The Morgan fingerprint density at radius 2 is 1.65 bits per heavy atom. The van der Waals surface area contributed by atoms with E-state index in [4.69, 9.17) is 4.74 Å². The van der Waals surface area contributed by atoms with Crippen LogP contribution in [0, 0.1) is 5.82 Å². The van der Waals surface area contributed by atoms with Crippen LogP contribution >= 0.6 is 0 Å². The fourth-order valence-corrected chi connectivity index (χ4v) is 1.76. The number of rotatable bonds is 3. The number of ether oxygens (including phenoxy) is 2. The Labute approximate surface area is 112 Å². The number of hydrogen-bond acceptors (Lipinski definition) is 2. The highest BCUT2D eigenvalue weighted by molar-refractivity contribution is 5.71. The van der Waals surface area contributed by atoms with E-state index in [1.165, 1.54) is 13.2 Å². The van der Waals surface area contributed by atoms with Crippen LogP contribution < -0.4 is 9.47 Å². The van der Waals surface area contributed by atoms with Crippen LogP contribution in [0.5, 0.6) is 11.5 Å². The Balaban J connectivity index is 2.46. The minimum Gasteiger partial charge on any atom is -0.496 e. The number of alkyl halides is 3. The van der Waals surface area contributed by atoms with Gasteiger partial charge in [-0.2, -0.15) is 0 Å². The molecular weight excluding hydrogens is 276 g/mol. The average molecular weight is 286 g/mol. The maximum atomic E-state index is 13.3. The summed E-state index contributed by atoms with van der Waals surface area (Å²) in [5.74, 6) is -1.49. The molecule has 0 amide bonds. The second-order valence-corrected chi connectivity index (χ2v) is 3.89. The summed E-state index contributed by atoms with van der Waals surface area (Å²) in [4.78, 5) is 0. The molecule has 0 spiro atoms. The Morgan fingerprint density at radius 1 is 0.950 bits per heavy atom. The third-order valence-electron chi connectivity index (χ3n) is 2.57. The van der Waals surface area contributed by atoms with Crippen molar-refractivity contribution in [2.75, 3.05) is 7.11 Å². The molecule has 0 bridgehead atoms. The van der Waals surface area contributed by atoms with Gasteiger partial charge in [0.15, 0.2) is 11.6 Å². The first-order valence-electron chi connectivity index (χ1n) is 5.59. The van der Waals surface area contributed by atoms with Gasteiger partial charge in [0.05, 0.1) is 7.11 Å². The second kappa shape index (κ2) is 5.40. The average Bonchev–Trinajstić information content (AvgIpc) is 2.40. The van der Waals surface area contributed by atoms with Crippen molar-refractivity contribution in [3.8, 4) is 22.6 Å². The van der Waals surface area contributed by atoms with Crippen molar-refractivity contribution in [1.29, 1.82) is 0 Å². The van der Waals surface area contributed by atoms with E-state index in [0.29, 0.717) is 16.9 Å². The zero-order valence-corrected chi connectivity index (χ0v) is 10.4. The number of halogens is 4. The molecule has 2 aromatic carbocycles. The van der Waals surface area contributed by atoms with Crippen LogP contribution in [-0.2, 0) is 0 Å². The third-order valence-corrected chi connectivity index (χ3v) is 2.57. The Kier molecular flexibility index (Phi) is 3.83. The Bertz CT molecular complexity index is 608. The highest BCUT2D eigenvalue weighted by Crippen LogP contribution is 2.34. The SMILES string of the molecule is COc1ccccc1-c1ccc(F)c(OC(F)(F)F)c1. The first kappa shape index (κ1) is 14.2. The van der Waals surface area contributed by atoms with E-state index in [1.54, 1.807) is 24.3 Å². The molecule has 2 aromatic rings. The third kappa shape index (κ3) is 3.20. The molecule has 0 N–H and O–H groups in total. The molecule has 0 aliphatic rings. The molecule has 0 aliphatic heterocycles. The maximum Gasteiger partial charge on any atom is 0.573 e. The number of para-hydroxylation sites is 1. The van der Waals surface area contributed by atoms with E-state index in [-0.39, 0.29) is 0 Å². The zero-order chi connectivity index (χ0) is 14.8. The molecular formula is C14H10F4O2. The number of methoxy groups -OCH3 is 1. The molecule has 0 unspecified atom stereocenters. The van der Waals surface area contributed by atoms with E-state index in [0.717, 1.165) is 12.1 Å². The summed E-state index contributed by atoms with van der Waals surface area (Å²) >= 11 is 0. The molecule has 6 heteroatoms. The van der Waals surface area contributed by atoms with Gasteiger partial charge in [0.25, 0.3) is 0 Å². The molecule has 0 aliphatic carbocycles. The van der Waals surface area contributed by atoms with Crippen molar-refractivity contribution in [2.24, 2.45) is 0 Å². The van der Waals surface area contributed by atoms with Gasteiger partial charge in [0.2, 0.25) is 0 Å². The van der Waals surface area contributed by atoms with Gasteiger partial charge in [0, 0.05) is 5.56 Å². The molecule has 0 saturated carbocycles. The largest absolute Gasteiger partial charge is 0.573 e. The minimum absolute atomic E-state index is 0.364. The van der Waals surface area contributed by atoms with Gasteiger partial charge < -0.3 is 9.47 Å². The Hall–Kier alpha value is -2.24. The van der Waals surface area contributed by atoms with E-state index in [9.17, 15) is 17.6 Å². The summed E-state index contributed by atoms with van der Waals surface area (Å²) in [6.07, 6.45) is -4.94. The summed E-state index contributed by atoms with van der Waals surface area (Å²) in [6, 6.07) is 10.00. The quantitative estimate of drug-likeness (QED) is 0.779. The molecule has 106 valence electrons. The molecule has 0 aromatic heterocycles. The summed E-state index contributed by atoms with van der Waals surface area (Å²) in [7, 11) is 1.44. The van der Waals surface area contributed by atoms with Gasteiger partial charge >= 0.3 is 6.36 Å². The molecule has 2 nitrogen and oxygen atoms in total. The monoisotopic (exact) mass is 286 g/mol. The molecule has 0 saturated heterocycles. The van der Waals surface area contributed by atoms with Crippen molar-refractivity contribution in [1.82, 2.24) is 0 Å². The normalized spacial score (nSPS) is 11.2. The van der Waals surface area contributed by atoms with E-state index >= 15 is 0 Å².